The van der Waals surface area contributed by atoms with Crippen molar-refractivity contribution in [3.8, 4) is 0 Å². The molecule has 3 N–H and O–H groups in total. The molecule has 0 aromatic heterocycles. The van der Waals surface area contributed by atoms with E-state index in [0.29, 0.717) is 43.9 Å². The van der Waals surface area contributed by atoms with Crippen molar-refractivity contribution in [3.05, 3.63) is 29.8 Å². The van der Waals surface area contributed by atoms with Gasteiger partial charge in [0.25, 0.3) is 5.91 Å². The van der Waals surface area contributed by atoms with Crippen LogP contribution in [0.5, 0.6) is 0 Å². The predicted molar refractivity (Wildman–Crippen MR) is 116 cm³/mol. The highest BCUT2D eigenvalue weighted by atomic mass is 16.2. The molecule has 3 rings (SSSR count). The number of carbonyl (C=O) groups is 2. The molecular weight excluding hydrogens is 366 g/mol. The topological polar surface area (TPSA) is 91.0 Å². The van der Waals surface area contributed by atoms with Crippen molar-refractivity contribution in [2.45, 2.75) is 52.5 Å². The summed E-state index contributed by atoms with van der Waals surface area (Å²) in [5.74, 6) is 1.02. The summed E-state index contributed by atoms with van der Waals surface area (Å²) >= 11 is 0. The number of likely N-dealkylation sites (tertiary alicyclic amines) is 1. The largest absolute Gasteiger partial charge is 0.369 e. The summed E-state index contributed by atoms with van der Waals surface area (Å²) < 4.78 is 0. The summed E-state index contributed by atoms with van der Waals surface area (Å²) in [6.07, 6.45) is 2.39. The van der Waals surface area contributed by atoms with Gasteiger partial charge in [-0.25, -0.2) is 9.79 Å². The van der Waals surface area contributed by atoms with E-state index in [1.165, 1.54) is 0 Å². The number of nitrogens with zero attached hydrogens (tertiary/aromatic N) is 3. The van der Waals surface area contributed by atoms with Crippen molar-refractivity contribution in [1.29, 1.82) is 0 Å². The van der Waals surface area contributed by atoms with Crippen LogP contribution in [-0.4, -0.2) is 52.9 Å². The summed E-state index contributed by atoms with van der Waals surface area (Å²) in [4.78, 5) is 33.4. The van der Waals surface area contributed by atoms with Crippen LogP contribution in [0.1, 0.15) is 45.6 Å². The van der Waals surface area contributed by atoms with E-state index in [4.69, 9.17) is 5.73 Å². The maximum atomic E-state index is 12.9. The Labute approximate surface area is 173 Å². The number of hydrogen-bond donors (Lipinski definition) is 2. The number of aliphatic imine (C=N–C) groups is 1. The fraction of sp³-hybridized carbons (Fsp3) is 0.591. The molecule has 7 nitrogen and oxygen atoms in total. The van der Waals surface area contributed by atoms with E-state index in [0.717, 1.165) is 24.1 Å². The number of nitrogens with two attached hydrogens (primary N) is 1. The highest BCUT2D eigenvalue weighted by Crippen LogP contribution is 2.30. The number of hydrogen-bond acceptors (Lipinski definition) is 4. The normalized spacial score (nSPS) is 22.9. The van der Waals surface area contributed by atoms with Crippen molar-refractivity contribution in [3.63, 3.8) is 0 Å². The van der Waals surface area contributed by atoms with Gasteiger partial charge in [-0.3, -0.25) is 9.69 Å². The molecule has 3 amide bonds. The number of guanidine groups is 1. The predicted octanol–water partition coefficient (Wildman–Crippen LogP) is 3.20. The second-order valence-corrected chi connectivity index (χ2v) is 8.99. The van der Waals surface area contributed by atoms with E-state index >= 15 is 0 Å². The molecule has 2 heterocycles. The van der Waals surface area contributed by atoms with E-state index in [-0.39, 0.29) is 11.9 Å². The zero-order valence-electron chi connectivity index (χ0n) is 17.9. The molecule has 0 spiro atoms. The van der Waals surface area contributed by atoms with Crippen molar-refractivity contribution in [2.24, 2.45) is 22.6 Å². The lowest BCUT2D eigenvalue weighted by atomic mass is 9.90. The zero-order valence-corrected chi connectivity index (χ0v) is 17.9. The third-order valence-electron chi connectivity index (χ3n) is 5.76. The maximum absolute atomic E-state index is 12.9. The maximum Gasteiger partial charge on any atom is 0.321 e. The Morgan fingerprint density at radius 1 is 1.34 bits per heavy atom. The van der Waals surface area contributed by atoms with Gasteiger partial charge in [0.1, 0.15) is 5.54 Å². The van der Waals surface area contributed by atoms with Crippen molar-refractivity contribution in [1.82, 2.24) is 9.80 Å². The van der Waals surface area contributed by atoms with E-state index in [9.17, 15) is 9.59 Å². The lowest BCUT2D eigenvalue weighted by Crippen LogP contribution is -2.48. The van der Waals surface area contributed by atoms with E-state index in [1.54, 1.807) is 4.90 Å². The number of rotatable bonds is 5. The molecule has 158 valence electrons. The standard InChI is InChI=1S/C22H33N5O2/c1-15(2)13-22(4)19(28)27(20(23)25-22)14-17-8-10-26(11-9-17)21(29)24-18-7-5-6-16(3)12-18/h5-7,12,15,17H,8-11,13-14H2,1-4H3,(H2,23,25)(H,24,29). The average molecular weight is 400 g/mol. The molecule has 0 bridgehead atoms. The van der Waals surface area contributed by atoms with Gasteiger partial charge in [-0.2, -0.15) is 0 Å². The number of amides is 3. The second kappa shape index (κ2) is 8.43. The minimum atomic E-state index is -0.743. The molecule has 1 atom stereocenters. The van der Waals surface area contributed by atoms with Crippen LogP contribution in [0.3, 0.4) is 0 Å². The van der Waals surface area contributed by atoms with Crippen LogP contribution in [0.4, 0.5) is 10.5 Å². The number of carbonyl (C=O) groups excluding carboxylic acids is 2. The van der Waals surface area contributed by atoms with Gasteiger partial charge in [-0.1, -0.05) is 26.0 Å². The molecule has 1 aromatic carbocycles. The Balaban J connectivity index is 1.52. The van der Waals surface area contributed by atoms with Gasteiger partial charge in [0.05, 0.1) is 0 Å². The Morgan fingerprint density at radius 3 is 2.66 bits per heavy atom. The number of aryl methyl sites for hydroxylation is 1. The number of anilines is 1. The van der Waals surface area contributed by atoms with Crippen molar-refractivity contribution < 1.29 is 9.59 Å². The van der Waals surface area contributed by atoms with E-state index in [2.05, 4.69) is 24.2 Å². The fourth-order valence-corrected chi connectivity index (χ4v) is 4.36. The average Bonchev–Trinajstić information content (AvgIpc) is 2.84. The summed E-state index contributed by atoms with van der Waals surface area (Å²) in [5.41, 5.74) is 7.27. The summed E-state index contributed by atoms with van der Waals surface area (Å²) in [5, 5.41) is 2.97. The molecule has 1 unspecified atom stereocenters. The zero-order chi connectivity index (χ0) is 21.2. The Hall–Kier alpha value is -2.57. The van der Waals surface area contributed by atoms with Crippen LogP contribution in [0.25, 0.3) is 0 Å². The Morgan fingerprint density at radius 2 is 2.03 bits per heavy atom. The first-order valence-corrected chi connectivity index (χ1v) is 10.5. The quantitative estimate of drug-likeness (QED) is 0.796. The number of nitrogens with one attached hydrogen (secondary N) is 1. The van der Waals surface area contributed by atoms with Crippen molar-refractivity contribution >= 4 is 23.6 Å². The number of benzene rings is 1. The molecule has 0 aliphatic carbocycles. The molecule has 2 aliphatic rings. The fourth-order valence-electron chi connectivity index (χ4n) is 4.36. The Bertz CT molecular complexity index is 798. The third kappa shape index (κ3) is 4.89. The molecule has 1 saturated heterocycles. The molecule has 1 aromatic rings. The first-order chi connectivity index (χ1) is 13.7. The monoisotopic (exact) mass is 399 g/mol. The van der Waals surface area contributed by atoms with Crippen LogP contribution in [0.15, 0.2) is 29.3 Å². The van der Waals surface area contributed by atoms with Crippen LogP contribution < -0.4 is 11.1 Å². The highest BCUT2D eigenvalue weighted by molar-refractivity contribution is 6.06. The summed E-state index contributed by atoms with van der Waals surface area (Å²) in [6.45, 7) is 9.97. The van der Waals surface area contributed by atoms with Crippen LogP contribution in [0, 0.1) is 18.8 Å². The van der Waals surface area contributed by atoms with Gasteiger partial charge in [-0.05, 0) is 62.6 Å². The van der Waals surface area contributed by atoms with Crippen LogP contribution >= 0.6 is 0 Å². The molecule has 1 fully saturated rings. The summed E-state index contributed by atoms with van der Waals surface area (Å²) in [7, 11) is 0. The minimum Gasteiger partial charge on any atom is -0.369 e. The lowest BCUT2D eigenvalue weighted by molar-refractivity contribution is -0.131. The molecule has 7 heteroatoms. The second-order valence-electron chi connectivity index (χ2n) is 8.99. The van der Waals surface area contributed by atoms with Gasteiger partial charge in [0.2, 0.25) is 0 Å². The lowest BCUT2D eigenvalue weighted by Gasteiger charge is -2.34. The third-order valence-corrected chi connectivity index (χ3v) is 5.76. The van der Waals surface area contributed by atoms with Crippen LogP contribution in [-0.2, 0) is 4.79 Å². The Kier molecular flexibility index (Phi) is 6.15. The minimum absolute atomic E-state index is 0.00307. The first-order valence-electron chi connectivity index (χ1n) is 10.5. The summed E-state index contributed by atoms with van der Waals surface area (Å²) in [6, 6.07) is 7.72. The molecule has 29 heavy (non-hydrogen) atoms. The van der Waals surface area contributed by atoms with Gasteiger partial charge < -0.3 is 16.0 Å². The number of piperidine rings is 1. The van der Waals surface area contributed by atoms with E-state index in [1.807, 2.05) is 43.0 Å². The van der Waals surface area contributed by atoms with Gasteiger partial charge in [-0.15, -0.1) is 0 Å². The number of urea groups is 1. The molecule has 2 aliphatic heterocycles. The SMILES string of the molecule is Cc1cccc(NC(=O)N2CCC(CN3C(=O)C(C)(CC(C)C)N=C3N)CC2)c1. The highest BCUT2D eigenvalue weighted by Gasteiger charge is 2.44. The first kappa shape index (κ1) is 21.1. The molecule has 0 radical (unpaired) electrons. The van der Waals surface area contributed by atoms with Crippen molar-refractivity contribution in [2.75, 3.05) is 25.0 Å². The molecule has 0 saturated carbocycles. The van der Waals surface area contributed by atoms with Crippen LogP contribution in [0.2, 0.25) is 0 Å². The van der Waals surface area contributed by atoms with Gasteiger partial charge in [0.15, 0.2) is 5.96 Å². The molecular formula is C22H33N5O2. The smallest absolute Gasteiger partial charge is 0.321 e. The van der Waals surface area contributed by atoms with E-state index < -0.39 is 5.54 Å². The van der Waals surface area contributed by atoms with Gasteiger partial charge in [0, 0.05) is 25.3 Å². The van der Waals surface area contributed by atoms with Gasteiger partial charge >= 0.3 is 6.03 Å².